The van der Waals surface area contributed by atoms with Crippen molar-refractivity contribution in [2.75, 3.05) is 18.4 Å². The number of para-hydroxylation sites is 1. The van der Waals surface area contributed by atoms with Crippen molar-refractivity contribution in [1.82, 2.24) is 4.31 Å². The van der Waals surface area contributed by atoms with E-state index in [2.05, 4.69) is 5.32 Å². The third kappa shape index (κ3) is 3.76. The molecule has 0 aromatic heterocycles. The molecule has 1 aliphatic heterocycles. The minimum Gasteiger partial charge on any atom is -0.317 e. The number of nitrogens with one attached hydrogen (secondary N) is 1. The molecular formula is C18H18F2N2O3S. The molecule has 0 bridgehead atoms. The van der Waals surface area contributed by atoms with Crippen molar-refractivity contribution in [1.29, 1.82) is 0 Å². The summed E-state index contributed by atoms with van der Waals surface area (Å²) in [5, 5.41) is 2.17. The lowest BCUT2D eigenvalue weighted by Gasteiger charge is -2.25. The Kier molecular flexibility index (Phi) is 5.33. The number of hydrogen-bond donors (Lipinski definition) is 1. The topological polar surface area (TPSA) is 66.5 Å². The molecule has 0 unspecified atom stereocenters. The second-order valence-corrected chi connectivity index (χ2v) is 7.98. The summed E-state index contributed by atoms with van der Waals surface area (Å²) in [6, 6.07) is 8.57. The first-order valence-corrected chi connectivity index (χ1v) is 9.69. The van der Waals surface area contributed by atoms with Gasteiger partial charge in [0.15, 0.2) is 0 Å². The van der Waals surface area contributed by atoms with E-state index in [4.69, 9.17) is 0 Å². The Morgan fingerprint density at radius 3 is 2.08 bits per heavy atom. The second kappa shape index (κ2) is 7.51. The molecule has 1 amide bonds. The molecule has 1 N–H and O–H groups in total. The summed E-state index contributed by atoms with van der Waals surface area (Å²) in [7, 11) is -3.60. The maximum Gasteiger partial charge on any atom is 0.255 e. The van der Waals surface area contributed by atoms with E-state index >= 15 is 0 Å². The summed E-state index contributed by atoms with van der Waals surface area (Å²) in [6.45, 7) is 0.967. The molecule has 2 aromatic rings. The molecule has 1 aliphatic rings. The minimum absolute atomic E-state index is 0.0908. The molecule has 0 radical (unpaired) electrons. The predicted octanol–water partition coefficient (Wildman–Crippen LogP) is 3.39. The fourth-order valence-corrected chi connectivity index (χ4v) is 4.35. The van der Waals surface area contributed by atoms with E-state index in [1.807, 2.05) is 0 Å². The molecule has 1 saturated heterocycles. The van der Waals surface area contributed by atoms with E-state index in [1.165, 1.54) is 34.6 Å². The highest BCUT2D eigenvalue weighted by Gasteiger charge is 2.26. The van der Waals surface area contributed by atoms with E-state index in [-0.39, 0.29) is 10.5 Å². The molecule has 0 spiro atoms. The van der Waals surface area contributed by atoms with Gasteiger partial charge in [0.1, 0.15) is 17.3 Å². The van der Waals surface area contributed by atoms with E-state index in [0.717, 1.165) is 31.4 Å². The van der Waals surface area contributed by atoms with Crippen LogP contribution in [0.1, 0.15) is 29.6 Å². The average Bonchev–Trinajstić information content (AvgIpc) is 2.65. The van der Waals surface area contributed by atoms with Crippen LogP contribution < -0.4 is 5.32 Å². The SMILES string of the molecule is O=C(Nc1c(F)cccc1F)c1ccc(S(=O)(=O)N2CCCCC2)cc1. The zero-order chi connectivity index (χ0) is 18.7. The average molecular weight is 380 g/mol. The van der Waals surface area contributed by atoms with Gasteiger partial charge in [-0.2, -0.15) is 4.31 Å². The third-order valence-corrected chi connectivity index (χ3v) is 6.18. The van der Waals surface area contributed by atoms with Gasteiger partial charge in [-0.15, -0.1) is 0 Å². The van der Waals surface area contributed by atoms with Crippen molar-refractivity contribution in [2.45, 2.75) is 24.2 Å². The number of halogens is 2. The summed E-state index contributed by atoms with van der Waals surface area (Å²) in [6.07, 6.45) is 2.67. The number of hydrogen-bond acceptors (Lipinski definition) is 3. The van der Waals surface area contributed by atoms with Gasteiger partial charge in [-0.1, -0.05) is 12.5 Å². The summed E-state index contributed by atoms with van der Waals surface area (Å²) in [5.74, 6) is -2.50. The number of rotatable bonds is 4. The smallest absolute Gasteiger partial charge is 0.255 e. The lowest BCUT2D eigenvalue weighted by Crippen LogP contribution is -2.35. The van der Waals surface area contributed by atoms with Gasteiger partial charge in [0.05, 0.1) is 4.90 Å². The second-order valence-electron chi connectivity index (χ2n) is 6.04. The monoisotopic (exact) mass is 380 g/mol. The van der Waals surface area contributed by atoms with Crippen LogP contribution in [0, 0.1) is 11.6 Å². The first-order chi connectivity index (χ1) is 12.4. The summed E-state index contributed by atoms with van der Waals surface area (Å²) in [5.41, 5.74) is -0.437. The van der Waals surface area contributed by atoms with Gasteiger partial charge in [0.25, 0.3) is 5.91 Å². The van der Waals surface area contributed by atoms with Crippen LogP contribution in [-0.4, -0.2) is 31.7 Å². The number of anilines is 1. The fourth-order valence-electron chi connectivity index (χ4n) is 2.84. The van der Waals surface area contributed by atoms with E-state index < -0.39 is 33.3 Å². The van der Waals surface area contributed by atoms with E-state index in [1.54, 1.807) is 0 Å². The van der Waals surface area contributed by atoms with Crippen LogP contribution in [0.25, 0.3) is 0 Å². The van der Waals surface area contributed by atoms with Crippen LogP contribution in [0.3, 0.4) is 0 Å². The van der Waals surface area contributed by atoms with Crippen molar-refractivity contribution >= 4 is 21.6 Å². The molecule has 0 atom stereocenters. The van der Waals surface area contributed by atoms with Gasteiger partial charge in [-0.25, -0.2) is 17.2 Å². The number of amides is 1. The maximum atomic E-state index is 13.6. The van der Waals surface area contributed by atoms with Crippen molar-refractivity contribution in [3.05, 3.63) is 59.7 Å². The fraction of sp³-hybridized carbons (Fsp3) is 0.278. The highest BCUT2D eigenvalue weighted by Crippen LogP contribution is 2.22. The highest BCUT2D eigenvalue weighted by atomic mass is 32.2. The Bertz CT molecular complexity index is 888. The number of nitrogens with zero attached hydrogens (tertiary/aromatic N) is 1. The van der Waals surface area contributed by atoms with Crippen LogP contribution in [-0.2, 0) is 10.0 Å². The standard InChI is InChI=1S/C18H18F2N2O3S/c19-15-5-4-6-16(20)17(15)21-18(23)13-7-9-14(10-8-13)26(24,25)22-11-2-1-3-12-22/h4-10H,1-3,11-12H2,(H,21,23). The number of carbonyl (C=O) groups is 1. The van der Waals surface area contributed by atoms with Crippen LogP contribution >= 0.6 is 0 Å². The Morgan fingerprint density at radius 2 is 1.50 bits per heavy atom. The zero-order valence-corrected chi connectivity index (χ0v) is 14.7. The largest absolute Gasteiger partial charge is 0.317 e. The van der Waals surface area contributed by atoms with Crippen LogP contribution in [0.5, 0.6) is 0 Å². The lowest BCUT2D eigenvalue weighted by molar-refractivity contribution is 0.102. The van der Waals surface area contributed by atoms with Gasteiger partial charge in [0.2, 0.25) is 10.0 Å². The van der Waals surface area contributed by atoms with Gasteiger partial charge >= 0.3 is 0 Å². The van der Waals surface area contributed by atoms with Crippen LogP contribution in [0.15, 0.2) is 47.4 Å². The third-order valence-electron chi connectivity index (χ3n) is 4.27. The quantitative estimate of drug-likeness (QED) is 0.884. The van der Waals surface area contributed by atoms with Gasteiger partial charge in [-0.3, -0.25) is 4.79 Å². The van der Waals surface area contributed by atoms with Crippen molar-refractivity contribution in [3.63, 3.8) is 0 Å². The molecular weight excluding hydrogens is 362 g/mol. The molecule has 1 fully saturated rings. The molecule has 1 heterocycles. The van der Waals surface area contributed by atoms with E-state index in [9.17, 15) is 22.0 Å². The number of piperidine rings is 1. The molecule has 138 valence electrons. The minimum atomic E-state index is -3.60. The van der Waals surface area contributed by atoms with Crippen molar-refractivity contribution in [2.24, 2.45) is 0 Å². The lowest BCUT2D eigenvalue weighted by atomic mass is 10.2. The molecule has 0 aliphatic carbocycles. The number of carbonyl (C=O) groups excluding carboxylic acids is 1. The Morgan fingerprint density at radius 1 is 0.923 bits per heavy atom. The molecule has 3 rings (SSSR count). The molecule has 5 nitrogen and oxygen atoms in total. The molecule has 8 heteroatoms. The Balaban J connectivity index is 1.78. The van der Waals surface area contributed by atoms with Crippen molar-refractivity contribution in [3.8, 4) is 0 Å². The number of benzene rings is 2. The van der Waals surface area contributed by atoms with Crippen LogP contribution in [0.4, 0.5) is 14.5 Å². The predicted molar refractivity (Wildman–Crippen MR) is 93.4 cm³/mol. The molecule has 0 saturated carbocycles. The summed E-state index contributed by atoms with van der Waals surface area (Å²) in [4.78, 5) is 12.3. The van der Waals surface area contributed by atoms with Gasteiger partial charge in [-0.05, 0) is 49.2 Å². The van der Waals surface area contributed by atoms with E-state index in [0.29, 0.717) is 13.1 Å². The van der Waals surface area contributed by atoms with Gasteiger partial charge in [0, 0.05) is 18.7 Å². The normalized spacial score (nSPS) is 15.6. The highest BCUT2D eigenvalue weighted by molar-refractivity contribution is 7.89. The van der Waals surface area contributed by atoms with Crippen LogP contribution in [0.2, 0.25) is 0 Å². The maximum absolute atomic E-state index is 13.6. The first kappa shape index (κ1) is 18.5. The molecule has 26 heavy (non-hydrogen) atoms. The summed E-state index contributed by atoms with van der Waals surface area (Å²) < 4.78 is 53.8. The first-order valence-electron chi connectivity index (χ1n) is 8.25. The van der Waals surface area contributed by atoms with Crippen molar-refractivity contribution < 1.29 is 22.0 Å². The summed E-state index contributed by atoms with van der Waals surface area (Å²) >= 11 is 0. The Labute approximate surface area is 150 Å². The Hall–Kier alpha value is -2.32. The van der Waals surface area contributed by atoms with Gasteiger partial charge < -0.3 is 5.32 Å². The zero-order valence-electron chi connectivity index (χ0n) is 13.9. The number of sulfonamides is 1. The molecule has 2 aromatic carbocycles.